The molecule has 0 aliphatic carbocycles. The molecule has 1 aromatic heterocycles. The summed E-state index contributed by atoms with van der Waals surface area (Å²) in [6, 6.07) is 3.04. The average molecular weight is 158 g/mol. The molecule has 0 fully saturated rings. The highest BCUT2D eigenvalue weighted by molar-refractivity contribution is 6.29. The highest BCUT2D eigenvalue weighted by Crippen LogP contribution is 2.10. The number of halogens is 2. The van der Waals surface area contributed by atoms with Gasteiger partial charge < -0.3 is 0 Å². The number of pyridine rings is 1. The smallest absolute Gasteiger partial charge is 0.207 e. The fraction of sp³-hybridized carbons (Fsp3) is 0. The second-order valence-corrected chi connectivity index (χ2v) is 2.11. The maximum Gasteiger partial charge on any atom is 0.221 e. The Bertz CT molecular complexity index is 260. The zero-order valence-electron chi connectivity index (χ0n) is 5.14. The minimum absolute atomic E-state index is 0.156. The third-order valence-electron chi connectivity index (χ3n) is 1.06. The van der Waals surface area contributed by atoms with Crippen molar-refractivity contribution in [3.63, 3.8) is 0 Å². The Morgan fingerprint density at radius 3 is 2.80 bits per heavy atom. The van der Waals surface area contributed by atoms with Gasteiger partial charge in [0.25, 0.3) is 0 Å². The van der Waals surface area contributed by atoms with Gasteiger partial charge in [-0.15, -0.1) is 0 Å². The molecule has 0 bridgehead atoms. The lowest BCUT2D eigenvalue weighted by atomic mass is 10.3. The van der Waals surface area contributed by atoms with Crippen LogP contribution < -0.4 is 0 Å². The van der Waals surface area contributed by atoms with Crippen LogP contribution in [0, 0.1) is 5.95 Å². The second kappa shape index (κ2) is 2.80. The number of rotatable bonds is 1. The van der Waals surface area contributed by atoms with Gasteiger partial charge in [-0.3, -0.25) is 0 Å². The summed E-state index contributed by atoms with van der Waals surface area (Å²) in [6.07, 6.45) is 1.39. The summed E-state index contributed by atoms with van der Waals surface area (Å²) in [5.41, 5.74) is 0.365. The molecule has 0 amide bonds. The maximum atomic E-state index is 12.6. The van der Waals surface area contributed by atoms with Crippen LogP contribution in [-0.4, -0.2) is 4.98 Å². The van der Waals surface area contributed by atoms with E-state index < -0.39 is 5.95 Å². The Kier molecular flexibility index (Phi) is 2.02. The Labute approximate surface area is 63.2 Å². The average Bonchev–Trinajstić information content (AvgIpc) is 1.88. The highest BCUT2D eigenvalue weighted by atomic mass is 35.5. The van der Waals surface area contributed by atoms with Crippen LogP contribution in [0.2, 0.25) is 5.15 Å². The molecule has 0 saturated carbocycles. The molecule has 10 heavy (non-hydrogen) atoms. The van der Waals surface area contributed by atoms with Crippen LogP contribution in [0.15, 0.2) is 18.7 Å². The van der Waals surface area contributed by atoms with Crippen molar-refractivity contribution in [1.29, 1.82) is 0 Å². The van der Waals surface area contributed by atoms with Crippen LogP contribution in [0.1, 0.15) is 5.56 Å². The minimum Gasteiger partial charge on any atom is -0.207 e. The van der Waals surface area contributed by atoms with Gasteiger partial charge in [-0.05, 0) is 12.1 Å². The fourth-order valence-corrected chi connectivity index (χ4v) is 0.712. The Hall–Kier alpha value is -0.890. The molecule has 0 aliphatic heterocycles. The molecule has 0 N–H and O–H groups in total. The lowest BCUT2D eigenvalue weighted by molar-refractivity contribution is 0.581. The van der Waals surface area contributed by atoms with E-state index in [4.69, 9.17) is 11.6 Å². The molecule has 0 atom stereocenters. The Morgan fingerprint density at radius 1 is 1.60 bits per heavy atom. The molecule has 0 saturated heterocycles. The highest BCUT2D eigenvalue weighted by Gasteiger charge is 1.98. The molecular formula is C7H5ClFN. The summed E-state index contributed by atoms with van der Waals surface area (Å²) >= 11 is 5.39. The van der Waals surface area contributed by atoms with Gasteiger partial charge in [0.1, 0.15) is 5.15 Å². The lowest BCUT2D eigenvalue weighted by Crippen LogP contribution is -1.86. The van der Waals surface area contributed by atoms with Crippen LogP contribution in [0.3, 0.4) is 0 Å². The SMILES string of the molecule is C=Cc1ccc(Cl)nc1F. The quantitative estimate of drug-likeness (QED) is 0.571. The van der Waals surface area contributed by atoms with Crippen molar-refractivity contribution in [3.05, 3.63) is 35.4 Å². The van der Waals surface area contributed by atoms with Gasteiger partial charge in [-0.1, -0.05) is 24.3 Å². The van der Waals surface area contributed by atoms with Gasteiger partial charge in [0.2, 0.25) is 5.95 Å². The first-order valence-corrected chi connectivity index (χ1v) is 3.06. The molecular weight excluding hydrogens is 153 g/mol. The Morgan fingerprint density at radius 2 is 2.30 bits per heavy atom. The zero-order chi connectivity index (χ0) is 7.56. The van der Waals surface area contributed by atoms with E-state index in [1.54, 1.807) is 0 Å². The molecule has 1 aromatic rings. The van der Waals surface area contributed by atoms with Crippen LogP contribution in [0.25, 0.3) is 6.08 Å². The molecule has 0 unspecified atom stereocenters. The molecule has 1 rings (SSSR count). The zero-order valence-corrected chi connectivity index (χ0v) is 5.90. The van der Waals surface area contributed by atoms with Crippen LogP contribution >= 0.6 is 11.6 Å². The normalized spacial score (nSPS) is 9.40. The first kappa shape index (κ1) is 7.22. The predicted octanol–water partition coefficient (Wildman–Crippen LogP) is 2.52. The van der Waals surface area contributed by atoms with Gasteiger partial charge in [0.05, 0.1) is 0 Å². The van der Waals surface area contributed by atoms with Gasteiger partial charge in [-0.2, -0.15) is 4.39 Å². The molecule has 52 valence electrons. The molecule has 0 aliphatic rings. The van der Waals surface area contributed by atoms with Gasteiger partial charge in [0, 0.05) is 5.56 Å². The van der Waals surface area contributed by atoms with Crippen molar-refractivity contribution in [1.82, 2.24) is 4.98 Å². The molecule has 1 heterocycles. The third kappa shape index (κ3) is 1.33. The molecule has 3 heteroatoms. The summed E-state index contributed by atoms with van der Waals surface area (Å²) in [5.74, 6) is -0.581. The monoisotopic (exact) mass is 157 g/mol. The van der Waals surface area contributed by atoms with Crippen molar-refractivity contribution in [3.8, 4) is 0 Å². The minimum atomic E-state index is -0.581. The predicted molar refractivity (Wildman–Crippen MR) is 39.3 cm³/mol. The number of aromatic nitrogens is 1. The van der Waals surface area contributed by atoms with E-state index in [1.165, 1.54) is 18.2 Å². The van der Waals surface area contributed by atoms with Crippen LogP contribution in [0.5, 0.6) is 0 Å². The number of hydrogen-bond acceptors (Lipinski definition) is 1. The lowest BCUT2D eigenvalue weighted by Gasteiger charge is -1.93. The third-order valence-corrected chi connectivity index (χ3v) is 1.27. The second-order valence-electron chi connectivity index (χ2n) is 1.72. The summed E-state index contributed by atoms with van der Waals surface area (Å²) in [4.78, 5) is 3.37. The molecule has 0 spiro atoms. The summed E-state index contributed by atoms with van der Waals surface area (Å²) in [5, 5.41) is 0.156. The van der Waals surface area contributed by atoms with E-state index in [1.807, 2.05) is 0 Å². The molecule has 0 aromatic carbocycles. The van der Waals surface area contributed by atoms with Gasteiger partial charge in [0.15, 0.2) is 0 Å². The first-order valence-electron chi connectivity index (χ1n) is 2.68. The largest absolute Gasteiger partial charge is 0.221 e. The maximum absolute atomic E-state index is 12.6. The van der Waals surface area contributed by atoms with Crippen molar-refractivity contribution in [2.45, 2.75) is 0 Å². The number of hydrogen-bond donors (Lipinski definition) is 0. The topological polar surface area (TPSA) is 12.9 Å². The summed E-state index contributed by atoms with van der Waals surface area (Å²) in [6.45, 7) is 3.40. The van der Waals surface area contributed by atoms with Crippen LogP contribution in [-0.2, 0) is 0 Å². The van der Waals surface area contributed by atoms with E-state index >= 15 is 0 Å². The van der Waals surface area contributed by atoms with Crippen LogP contribution in [0.4, 0.5) is 4.39 Å². The van der Waals surface area contributed by atoms with Crippen molar-refractivity contribution >= 4 is 17.7 Å². The van der Waals surface area contributed by atoms with Gasteiger partial charge in [-0.25, -0.2) is 4.98 Å². The van der Waals surface area contributed by atoms with Gasteiger partial charge >= 0.3 is 0 Å². The Balaban J connectivity index is 3.19. The fourth-order valence-electron chi connectivity index (χ4n) is 0.575. The summed E-state index contributed by atoms with van der Waals surface area (Å²) in [7, 11) is 0. The van der Waals surface area contributed by atoms with E-state index in [9.17, 15) is 4.39 Å². The van der Waals surface area contributed by atoms with Crippen molar-refractivity contribution < 1.29 is 4.39 Å². The van der Waals surface area contributed by atoms with E-state index in [-0.39, 0.29) is 5.15 Å². The molecule has 1 nitrogen and oxygen atoms in total. The first-order chi connectivity index (χ1) is 4.74. The van der Waals surface area contributed by atoms with Crippen molar-refractivity contribution in [2.75, 3.05) is 0 Å². The van der Waals surface area contributed by atoms with E-state index in [2.05, 4.69) is 11.6 Å². The number of nitrogens with zero attached hydrogens (tertiary/aromatic N) is 1. The standard InChI is InChI=1S/C7H5ClFN/c1-2-5-3-4-6(8)10-7(5)9/h2-4H,1H2. The van der Waals surface area contributed by atoms with Crippen molar-refractivity contribution in [2.24, 2.45) is 0 Å². The van der Waals surface area contributed by atoms with E-state index in [0.29, 0.717) is 5.56 Å². The van der Waals surface area contributed by atoms with E-state index in [0.717, 1.165) is 0 Å². The molecule has 0 radical (unpaired) electrons. The summed E-state index contributed by atoms with van der Waals surface area (Å²) < 4.78 is 12.6.